The van der Waals surface area contributed by atoms with Gasteiger partial charge in [0, 0.05) is 29.3 Å². The molecule has 0 aliphatic carbocycles. The van der Waals surface area contributed by atoms with Crippen molar-refractivity contribution in [2.75, 3.05) is 0 Å². The minimum Gasteiger partial charge on any atom is -0.480 e. The van der Waals surface area contributed by atoms with Crippen LogP contribution >= 0.6 is 18.2 Å². The Labute approximate surface area is 137 Å². The van der Waals surface area contributed by atoms with Crippen molar-refractivity contribution in [1.29, 1.82) is 0 Å². The van der Waals surface area contributed by atoms with Crippen molar-refractivity contribution >= 4 is 29.8 Å². The fourth-order valence-electron chi connectivity index (χ4n) is 1.98. The number of hydrogen-bond donors (Lipinski definition) is 4. The summed E-state index contributed by atoms with van der Waals surface area (Å²) in [4.78, 5) is 36.0. The van der Waals surface area contributed by atoms with Crippen molar-refractivity contribution in [2.24, 2.45) is 5.73 Å². The highest BCUT2D eigenvalue weighted by Crippen LogP contribution is 2.39. The highest BCUT2D eigenvalue weighted by Gasteiger charge is 2.37. The van der Waals surface area contributed by atoms with E-state index in [-0.39, 0.29) is 5.69 Å². The molecule has 0 saturated carbocycles. The smallest absolute Gasteiger partial charge is 0.419 e. The lowest BCUT2D eigenvalue weighted by Crippen LogP contribution is -2.50. The number of nitrogens with two attached hydrogens (primary N) is 1. The van der Waals surface area contributed by atoms with Crippen LogP contribution in [0.3, 0.4) is 0 Å². The van der Waals surface area contributed by atoms with Gasteiger partial charge in [-0.05, 0) is 18.9 Å². The number of nitro benzene ring substituents is 1. The van der Waals surface area contributed by atoms with Crippen LogP contribution in [0.1, 0.15) is 31.7 Å². The Kier molecular flexibility index (Phi) is 7.82. The molecule has 0 aromatic heterocycles. The Hall–Kier alpha value is -1.51. The van der Waals surface area contributed by atoms with E-state index >= 15 is 0 Å². The number of carboxylic acids is 1. The molecule has 23 heavy (non-hydrogen) atoms. The molecule has 5 N–H and O–H groups in total. The first-order chi connectivity index (χ1) is 10.3. The molecule has 1 aromatic carbocycles. The van der Waals surface area contributed by atoms with Crippen LogP contribution in [0.5, 0.6) is 0 Å². The number of carbonyl (C=O) groups is 1. The average molecular weight is 369 g/mol. The lowest BCUT2D eigenvalue weighted by Gasteiger charge is -2.29. The molecular weight excluding hydrogens is 351 g/mol. The summed E-state index contributed by atoms with van der Waals surface area (Å²) in [6.45, 7) is -0.884. The van der Waals surface area contributed by atoms with Gasteiger partial charge in [0.2, 0.25) is 0 Å². The molecule has 0 bridgehead atoms. The second-order valence-electron chi connectivity index (χ2n) is 4.87. The van der Waals surface area contributed by atoms with Gasteiger partial charge < -0.3 is 20.6 Å². The maximum atomic E-state index is 11.1. The molecule has 0 aliphatic heterocycles. The van der Waals surface area contributed by atoms with Gasteiger partial charge in [0.05, 0.1) is 4.92 Å². The van der Waals surface area contributed by atoms with Crippen molar-refractivity contribution < 1.29 is 29.2 Å². The van der Waals surface area contributed by atoms with Gasteiger partial charge in [-0.2, -0.15) is 0 Å². The van der Waals surface area contributed by atoms with Crippen molar-refractivity contribution in [3.8, 4) is 0 Å². The van der Waals surface area contributed by atoms with Gasteiger partial charge in [-0.25, -0.2) is 4.57 Å². The van der Waals surface area contributed by atoms with Crippen LogP contribution in [0, 0.1) is 10.1 Å². The molecule has 130 valence electrons. The first-order valence-corrected chi connectivity index (χ1v) is 8.84. The van der Waals surface area contributed by atoms with Crippen LogP contribution in [0.2, 0.25) is 0 Å². The summed E-state index contributed by atoms with van der Waals surface area (Å²) < 4.78 is 9.09. The lowest BCUT2D eigenvalue weighted by atomic mass is 9.79. The summed E-state index contributed by atoms with van der Waals surface area (Å²) in [5.74, 6) is -1.48. The second kappa shape index (κ2) is 8.37. The zero-order valence-corrected chi connectivity index (χ0v) is 14.1. The van der Waals surface area contributed by atoms with Crippen molar-refractivity contribution in [3.63, 3.8) is 0 Å². The highest BCUT2D eigenvalue weighted by molar-refractivity contribution is 7.79. The number of nitrogens with zero attached hydrogens (tertiary/aromatic N) is 1. The van der Waals surface area contributed by atoms with Crippen LogP contribution in [0.15, 0.2) is 24.3 Å². The fourth-order valence-corrected chi connectivity index (χ4v) is 1.98. The zero-order chi connectivity index (χ0) is 18.4. The van der Waals surface area contributed by atoms with E-state index in [1.807, 2.05) is 6.92 Å². The van der Waals surface area contributed by atoms with E-state index in [2.05, 4.69) is 11.2 Å². The summed E-state index contributed by atoms with van der Waals surface area (Å²) in [5.41, 5.74) is 5.08. The molecule has 0 spiro atoms. The van der Waals surface area contributed by atoms with Crippen LogP contribution in [0.25, 0.3) is 0 Å². The van der Waals surface area contributed by atoms with Gasteiger partial charge >= 0.3 is 12.9 Å². The van der Waals surface area contributed by atoms with Gasteiger partial charge in [0.25, 0.3) is 5.69 Å². The molecule has 0 saturated heterocycles. The number of benzene rings is 1. The largest absolute Gasteiger partial charge is 0.480 e. The predicted molar refractivity (Wildman–Crippen MR) is 84.3 cm³/mol. The number of rotatable bonds is 5. The summed E-state index contributed by atoms with van der Waals surface area (Å²) in [6.07, 6.45) is 0.539. The Morgan fingerprint density at radius 3 is 2.09 bits per heavy atom. The number of carboxylic acid groups (broad SMARTS) is 1. The van der Waals surface area contributed by atoms with Crippen LogP contribution < -0.4 is 5.73 Å². The summed E-state index contributed by atoms with van der Waals surface area (Å²) in [6, 6.07) is 5.83. The first-order valence-electron chi connectivity index (χ1n) is 6.32. The standard InChI is InChI=1S/C12H16N2O4.ClH2O3P/c1-3-10(12(2,13)11(15)16)8-4-6-9(7-5-8)14(17)18;1-5(2,3)4/h4-7,10H,3,13H2,1-2H3,(H,15,16);(H2,2,3,4). The maximum Gasteiger partial charge on any atom is 0.419 e. The minimum atomic E-state index is -4.17. The third kappa shape index (κ3) is 7.54. The molecule has 2 atom stereocenters. The molecule has 1 aromatic rings. The molecule has 2 unspecified atom stereocenters. The van der Waals surface area contributed by atoms with Gasteiger partial charge in [0.15, 0.2) is 0 Å². The Morgan fingerprint density at radius 1 is 1.43 bits per heavy atom. The number of non-ortho nitro benzene ring substituents is 1. The van der Waals surface area contributed by atoms with E-state index in [0.717, 1.165) is 0 Å². The summed E-state index contributed by atoms with van der Waals surface area (Å²) in [5, 5.41) is 19.7. The molecule has 0 radical (unpaired) electrons. The highest BCUT2D eigenvalue weighted by atomic mass is 35.7. The molecule has 0 fully saturated rings. The number of nitro groups is 1. The lowest BCUT2D eigenvalue weighted by molar-refractivity contribution is -0.384. The van der Waals surface area contributed by atoms with Crippen molar-refractivity contribution in [2.45, 2.75) is 31.7 Å². The Balaban J connectivity index is 0.000000841. The summed E-state index contributed by atoms with van der Waals surface area (Å²) in [7, 11) is 0. The van der Waals surface area contributed by atoms with E-state index in [9.17, 15) is 14.9 Å². The van der Waals surface area contributed by atoms with E-state index in [1.165, 1.54) is 19.1 Å². The maximum absolute atomic E-state index is 11.1. The topological polar surface area (TPSA) is 164 Å². The van der Waals surface area contributed by atoms with E-state index in [1.54, 1.807) is 12.1 Å². The number of halogens is 1. The molecule has 11 heteroatoms. The number of hydrogen-bond acceptors (Lipinski definition) is 5. The SMILES string of the molecule is CCC(c1ccc([N+](=O)[O-])cc1)C(C)(N)C(=O)O.O=P(O)(O)Cl. The minimum absolute atomic E-state index is 0.0253. The third-order valence-corrected chi connectivity index (χ3v) is 3.10. The van der Waals surface area contributed by atoms with Gasteiger partial charge in [-0.15, -0.1) is 0 Å². The van der Waals surface area contributed by atoms with Gasteiger partial charge in [0.1, 0.15) is 5.54 Å². The fraction of sp³-hybridized carbons (Fsp3) is 0.417. The molecule has 0 heterocycles. The van der Waals surface area contributed by atoms with Gasteiger partial charge in [-0.1, -0.05) is 19.1 Å². The average Bonchev–Trinajstić information content (AvgIpc) is 2.37. The molecule has 1 rings (SSSR count). The van der Waals surface area contributed by atoms with E-state index in [0.29, 0.717) is 12.0 Å². The normalized spacial score (nSPS) is 14.9. The number of aliphatic carboxylic acids is 1. The third-order valence-electron chi connectivity index (χ3n) is 3.10. The zero-order valence-electron chi connectivity index (χ0n) is 12.4. The molecule has 9 nitrogen and oxygen atoms in total. The Bertz CT molecular complexity index is 592. The molecule has 0 amide bonds. The van der Waals surface area contributed by atoms with Gasteiger partial charge in [-0.3, -0.25) is 14.9 Å². The molecular formula is C12H18ClN2O7P. The van der Waals surface area contributed by atoms with E-state index in [4.69, 9.17) is 25.2 Å². The Morgan fingerprint density at radius 2 is 1.83 bits per heavy atom. The van der Waals surface area contributed by atoms with E-state index < -0.39 is 29.3 Å². The van der Waals surface area contributed by atoms with Crippen LogP contribution in [0.4, 0.5) is 5.69 Å². The monoisotopic (exact) mass is 368 g/mol. The van der Waals surface area contributed by atoms with Crippen LogP contribution in [-0.4, -0.2) is 31.3 Å². The van der Waals surface area contributed by atoms with Crippen LogP contribution in [-0.2, 0) is 9.36 Å². The first kappa shape index (κ1) is 21.5. The quantitative estimate of drug-likeness (QED) is 0.349. The molecule has 0 aliphatic rings. The predicted octanol–water partition coefficient (Wildman–Crippen LogP) is 2.21. The van der Waals surface area contributed by atoms with Crippen molar-refractivity contribution in [3.05, 3.63) is 39.9 Å². The van der Waals surface area contributed by atoms with Crippen molar-refractivity contribution in [1.82, 2.24) is 0 Å². The summed E-state index contributed by atoms with van der Waals surface area (Å²) >= 11 is 4.20. The second-order valence-corrected chi connectivity index (χ2v) is 7.14.